The van der Waals surface area contributed by atoms with Crippen LogP contribution in [0, 0.1) is 6.92 Å². The third kappa shape index (κ3) is 4.90. The van der Waals surface area contributed by atoms with Crippen molar-refractivity contribution in [1.82, 2.24) is 10.3 Å². The minimum absolute atomic E-state index is 0.243. The van der Waals surface area contributed by atoms with E-state index >= 15 is 0 Å². The zero-order valence-corrected chi connectivity index (χ0v) is 17.4. The van der Waals surface area contributed by atoms with E-state index in [-0.39, 0.29) is 11.4 Å². The number of ether oxygens (including phenoxy) is 2. The van der Waals surface area contributed by atoms with Crippen LogP contribution in [0.2, 0.25) is 0 Å². The molecule has 1 amide bonds. The SMILES string of the molecule is COc1ncc(C(=O)NC2(C(=O)O)CCCCC2)cc1OCCc1ccccc1C. The van der Waals surface area contributed by atoms with Gasteiger partial charge in [-0.3, -0.25) is 4.79 Å². The topological polar surface area (TPSA) is 97.8 Å². The van der Waals surface area contributed by atoms with Crippen LogP contribution in [0.4, 0.5) is 0 Å². The smallest absolute Gasteiger partial charge is 0.329 e. The van der Waals surface area contributed by atoms with Gasteiger partial charge in [0.1, 0.15) is 5.54 Å². The van der Waals surface area contributed by atoms with Gasteiger partial charge in [0.05, 0.1) is 19.3 Å². The van der Waals surface area contributed by atoms with Crippen LogP contribution in [0.25, 0.3) is 0 Å². The minimum atomic E-state index is -1.22. The van der Waals surface area contributed by atoms with E-state index in [2.05, 4.69) is 10.3 Å². The number of amides is 1. The van der Waals surface area contributed by atoms with Crippen LogP contribution in [0.15, 0.2) is 36.5 Å². The van der Waals surface area contributed by atoms with Crippen molar-refractivity contribution in [3.8, 4) is 11.6 Å². The summed E-state index contributed by atoms with van der Waals surface area (Å²) in [6, 6.07) is 9.63. The lowest BCUT2D eigenvalue weighted by atomic mass is 9.81. The Morgan fingerprint density at radius 1 is 1.20 bits per heavy atom. The summed E-state index contributed by atoms with van der Waals surface area (Å²) in [6.45, 7) is 2.44. The van der Waals surface area contributed by atoms with Crippen LogP contribution in [0.3, 0.4) is 0 Å². The maximum atomic E-state index is 12.8. The van der Waals surface area contributed by atoms with Gasteiger partial charge in [0, 0.05) is 18.7 Å². The van der Waals surface area contributed by atoms with E-state index in [1.54, 1.807) is 6.07 Å². The van der Waals surface area contributed by atoms with Crippen molar-refractivity contribution in [3.05, 3.63) is 53.2 Å². The summed E-state index contributed by atoms with van der Waals surface area (Å²) >= 11 is 0. The highest BCUT2D eigenvalue weighted by molar-refractivity contribution is 5.98. The summed E-state index contributed by atoms with van der Waals surface area (Å²) in [5, 5.41) is 12.4. The van der Waals surface area contributed by atoms with Crippen molar-refractivity contribution >= 4 is 11.9 Å². The zero-order valence-electron chi connectivity index (χ0n) is 17.4. The Morgan fingerprint density at radius 2 is 1.93 bits per heavy atom. The molecule has 1 aromatic carbocycles. The molecule has 0 atom stereocenters. The molecule has 1 saturated carbocycles. The highest BCUT2D eigenvalue weighted by atomic mass is 16.5. The number of benzene rings is 1. The van der Waals surface area contributed by atoms with Crippen LogP contribution in [-0.4, -0.2) is 41.2 Å². The molecule has 160 valence electrons. The van der Waals surface area contributed by atoms with Gasteiger partial charge in [0.2, 0.25) is 0 Å². The lowest BCUT2D eigenvalue weighted by Crippen LogP contribution is -2.55. The summed E-state index contributed by atoms with van der Waals surface area (Å²) in [7, 11) is 1.48. The van der Waals surface area contributed by atoms with E-state index in [4.69, 9.17) is 9.47 Å². The number of methoxy groups -OCH3 is 1. The van der Waals surface area contributed by atoms with E-state index in [1.807, 2.05) is 31.2 Å². The van der Waals surface area contributed by atoms with E-state index in [0.29, 0.717) is 31.6 Å². The first-order valence-corrected chi connectivity index (χ1v) is 10.2. The first-order chi connectivity index (χ1) is 14.4. The number of carbonyl (C=O) groups excluding carboxylic acids is 1. The van der Waals surface area contributed by atoms with Gasteiger partial charge in [-0.25, -0.2) is 9.78 Å². The van der Waals surface area contributed by atoms with Crippen LogP contribution in [0.1, 0.15) is 53.6 Å². The Hall–Kier alpha value is -3.09. The Labute approximate surface area is 176 Å². The molecule has 2 N–H and O–H groups in total. The standard InChI is InChI=1S/C23H28N2O5/c1-16-8-4-5-9-17(16)10-13-30-19-14-18(15-24-21(19)29-2)20(26)25-23(22(27)28)11-6-3-7-12-23/h4-5,8-9,14-15H,3,6-7,10-13H2,1-2H3,(H,25,26)(H,27,28). The number of carboxylic acid groups (broad SMARTS) is 1. The molecular weight excluding hydrogens is 384 g/mol. The normalized spacial score (nSPS) is 15.3. The number of carboxylic acids is 1. The average Bonchev–Trinajstić information content (AvgIpc) is 2.75. The van der Waals surface area contributed by atoms with Crippen LogP contribution in [0.5, 0.6) is 11.6 Å². The Balaban J connectivity index is 1.72. The summed E-state index contributed by atoms with van der Waals surface area (Å²) in [6.07, 6.45) is 5.47. The fourth-order valence-corrected chi connectivity index (χ4v) is 3.81. The quantitative estimate of drug-likeness (QED) is 0.688. The summed E-state index contributed by atoms with van der Waals surface area (Å²) in [4.78, 5) is 28.8. The van der Waals surface area contributed by atoms with Crippen molar-refractivity contribution in [2.75, 3.05) is 13.7 Å². The third-order valence-corrected chi connectivity index (χ3v) is 5.63. The predicted molar refractivity (Wildman–Crippen MR) is 112 cm³/mol. The molecule has 7 nitrogen and oxygen atoms in total. The molecule has 0 radical (unpaired) electrons. The molecule has 2 aromatic rings. The largest absolute Gasteiger partial charge is 0.488 e. The molecule has 0 unspecified atom stereocenters. The summed E-state index contributed by atoms with van der Waals surface area (Å²) in [5.41, 5.74) is 1.39. The maximum Gasteiger partial charge on any atom is 0.329 e. The number of aliphatic carboxylic acids is 1. The molecule has 1 aromatic heterocycles. The monoisotopic (exact) mass is 412 g/mol. The first kappa shape index (κ1) is 21.6. The number of pyridine rings is 1. The van der Waals surface area contributed by atoms with Gasteiger partial charge in [0.15, 0.2) is 5.75 Å². The second-order valence-electron chi connectivity index (χ2n) is 7.66. The fourth-order valence-electron chi connectivity index (χ4n) is 3.81. The van der Waals surface area contributed by atoms with E-state index in [0.717, 1.165) is 19.3 Å². The predicted octanol–water partition coefficient (Wildman–Crippen LogP) is 3.54. The van der Waals surface area contributed by atoms with E-state index in [9.17, 15) is 14.7 Å². The maximum absolute atomic E-state index is 12.8. The second-order valence-corrected chi connectivity index (χ2v) is 7.66. The molecule has 30 heavy (non-hydrogen) atoms. The average molecular weight is 412 g/mol. The van der Waals surface area contributed by atoms with E-state index in [1.165, 1.54) is 24.4 Å². The number of nitrogens with zero attached hydrogens (tertiary/aromatic N) is 1. The summed E-state index contributed by atoms with van der Waals surface area (Å²) < 4.78 is 11.1. The molecule has 0 bridgehead atoms. The molecule has 7 heteroatoms. The minimum Gasteiger partial charge on any atom is -0.488 e. The van der Waals surface area contributed by atoms with Crippen LogP contribution >= 0.6 is 0 Å². The number of carbonyl (C=O) groups is 2. The van der Waals surface area contributed by atoms with Gasteiger partial charge < -0.3 is 19.9 Å². The van der Waals surface area contributed by atoms with E-state index < -0.39 is 17.4 Å². The van der Waals surface area contributed by atoms with Crippen molar-refractivity contribution in [3.63, 3.8) is 0 Å². The number of hydrogen-bond donors (Lipinski definition) is 2. The number of rotatable bonds is 8. The molecule has 3 rings (SSSR count). The van der Waals surface area contributed by atoms with Gasteiger partial charge in [-0.05, 0) is 30.9 Å². The first-order valence-electron chi connectivity index (χ1n) is 10.2. The van der Waals surface area contributed by atoms with Crippen molar-refractivity contribution in [1.29, 1.82) is 0 Å². The fraction of sp³-hybridized carbons (Fsp3) is 0.435. The Morgan fingerprint density at radius 3 is 2.60 bits per heavy atom. The molecule has 1 heterocycles. The molecule has 1 aliphatic carbocycles. The highest BCUT2D eigenvalue weighted by Crippen LogP contribution is 2.30. The second kappa shape index (κ2) is 9.61. The third-order valence-electron chi connectivity index (χ3n) is 5.63. The summed E-state index contributed by atoms with van der Waals surface area (Å²) in [5.74, 6) is -0.835. The van der Waals surface area contributed by atoms with Crippen molar-refractivity contribution in [2.45, 2.75) is 51.0 Å². The lowest BCUT2D eigenvalue weighted by molar-refractivity contribution is -0.145. The lowest BCUT2D eigenvalue weighted by Gasteiger charge is -2.33. The van der Waals surface area contributed by atoms with Gasteiger partial charge in [-0.2, -0.15) is 0 Å². The number of hydrogen-bond acceptors (Lipinski definition) is 5. The van der Waals surface area contributed by atoms with Gasteiger partial charge in [-0.1, -0.05) is 43.5 Å². The van der Waals surface area contributed by atoms with Crippen LogP contribution in [-0.2, 0) is 11.2 Å². The van der Waals surface area contributed by atoms with Crippen molar-refractivity contribution in [2.24, 2.45) is 0 Å². The molecule has 1 fully saturated rings. The van der Waals surface area contributed by atoms with Crippen molar-refractivity contribution < 1.29 is 24.2 Å². The highest BCUT2D eigenvalue weighted by Gasteiger charge is 2.41. The van der Waals surface area contributed by atoms with Gasteiger partial charge in [0.25, 0.3) is 11.8 Å². The van der Waals surface area contributed by atoms with Gasteiger partial charge >= 0.3 is 5.97 Å². The molecule has 0 saturated heterocycles. The molecule has 0 aliphatic heterocycles. The number of nitrogens with one attached hydrogen (secondary N) is 1. The van der Waals surface area contributed by atoms with Crippen LogP contribution < -0.4 is 14.8 Å². The molecule has 0 spiro atoms. The zero-order chi connectivity index (χ0) is 21.6. The number of aromatic nitrogens is 1. The molecule has 1 aliphatic rings. The Kier molecular flexibility index (Phi) is 6.92. The number of aryl methyl sites for hydroxylation is 1. The van der Waals surface area contributed by atoms with Gasteiger partial charge in [-0.15, -0.1) is 0 Å². The Bertz CT molecular complexity index is 906. The molecular formula is C23H28N2O5.